The van der Waals surface area contributed by atoms with Crippen molar-refractivity contribution in [2.24, 2.45) is 0 Å². The van der Waals surface area contributed by atoms with Crippen LogP contribution in [0.3, 0.4) is 0 Å². The zero-order chi connectivity index (χ0) is 14.8. The maximum Gasteiger partial charge on any atom is 0.258 e. The lowest BCUT2D eigenvalue weighted by Gasteiger charge is -2.31. The number of benzene rings is 1. The Labute approximate surface area is 123 Å². The predicted molar refractivity (Wildman–Crippen MR) is 76.7 cm³/mol. The van der Waals surface area contributed by atoms with Gasteiger partial charge in [0.1, 0.15) is 0 Å². The zero-order valence-electron chi connectivity index (χ0n) is 11.8. The van der Waals surface area contributed by atoms with E-state index in [-0.39, 0.29) is 24.0 Å². The number of hydrogen-bond donors (Lipinski definition) is 0. The van der Waals surface area contributed by atoms with E-state index in [4.69, 9.17) is 9.47 Å². The average molecular weight is 287 g/mol. The van der Waals surface area contributed by atoms with Crippen LogP contribution in [0.15, 0.2) is 36.4 Å². The Morgan fingerprint density at radius 2 is 1.86 bits per heavy atom. The van der Waals surface area contributed by atoms with E-state index in [2.05, 4.69) is 0 Å². The Morgan fingerprint density at radius 1 is 1.24 bits per heavy atom. The predicted octanol–water partition coefficient (Wildman–Crippen LogP) is 1.81. The molecule has 110 valence electrons. The van der Waals surface area contributed by atoms with Crippen LogP contribution in [0.25, 0.3) is 0 Å². The van der Waals surface area contributed by atoms with Gasteiger partial charge in [-0.05, 0) is 31.0 Å². The number of anilines is 1. The molecule has 1 aromatic carbocycles. The second-order valence-electron chi connectivity index (χ2n) is 5.23. The Bertz CT molecular complexity index is 556. The number of hydrogen-bond acceptors (Lipinski definition) is 4. The fraction of sp³-hybridized carbons (Fsp3) is 0.375. The average Bonchev–Trinajstić information content (AvgIpc) is 2.75. The van der Waals surface area contributed by atoms with Gasteiger partial charge >= 0.3 is 0 Å². The van der Waals surface area contributed by atoms with E-state index >= 15 is 0 Å². The Kier molecular flexibility index (Phi) is 3.86. The van der Waals surface area contributed by atoms with Crippen molar-refractivity contribution in [3.05, 3.63) is 42.0 Å². The smallest absolute Gasteiger partial charge is 0.258 e. The molecule has 0 aromatic heterocycles. The van der Waals surface area contributed by atoms with Crippen LogP contribution >= 0.6 is 0 Å². The SMILES string of the molecule is CC(OCc1ccc(N2C(=O)C=CC2=O)cc1)C1CCO1. The van der Waals surface area contributed by atoms with Crippen molar-refractivity contribution in [3.8, 4) is 0 Å². The van der Waals surface area contributed by atoms with Gasteiger partial charge in [0, 0.05) is 18.8 Å². The molecule has 5 nitrogen and oxygen atoms in total. The number of ether oxygens (including phenoxy) is 2. The lowest BCUT2D eigenvalue weighted by molar-refractivity contribution is -0.135. The van der Waals surface area contributed by atoms with Gasteiger partial charge < -0.3 is 9.47 Å². The van der Waals surface area contributed by atoms with Gasteiger partial charge in [-0.15, -0.1) is 0 Å². The van der Waals surface area contributed by atoms with E-state index < -0.39 is 0 Å². The molecule has 0 aliphatic carbocycles. The van der Waals surface area contributed by atoms with E-state index in [1.165, 1.54) is 12.2 Å². The molecule has 2 amide bonds. The minimum absolute atomic E-state index is 0.0735. The third-order valence-electron chi connectivity index (χ3n) is 3.77. The summed E-state index contributed by atoms with van der Waals surface area (Å²) in [6.45, 7) is 3.31. The summed E-state index contributed by atoms with van der Waals surface area (Å²) in [5.41, 5.74) is 1.58. The summed E-state index contributed by atoms with van der Waals surface area (Å²) in [6.07, 6.45) is 3.88. The van der Waals surface area contributed by atoms with Gasteiger partial charge in [0.2, 0.25) is 0 Å². The molecule has 0 spiro atoms. The fourth-order valence-corrected chi connectivity index (χ4v) is 2.36. The third kappa shape index (κ3) is 2.89. The molecule has 0 N–H and O–H groups in total. The van der Waals surface area contributed by atoms with Gasteiger partial charge in [-0.3, -0.25) is 9.59 Å². The molecule has 2 aliphatic rings. The largest absolute Gasteiger partial charge is 0.375 e. The van der Waals surface area contributed by atoms with Crippen molar-refractivity contribution < 1.29 is 19.1 Å². The summed E-state index contributed by atoms with van der Waals surface area (Å²) >= 11 is 0. The van der Waals surface area contributed by atoms with Crippen LogP contribution in [0.1, 0.15) is 18.9 Å². The van der Waals surface area contributed by atoms with E-state index in [1.807, 2.05) is 19.1 Å². The summed E-state index contributed by atoms with van der Waals surface area (Å²) in [7, 11) is 0. The standard InChI is InChI=1S/C16H17NO4/c1-11(14-8-9-20-14)21-10-12-2-4-13(5-3-12)17-15(18)6-7-16(17)19/h2-7,11,14H,8-10H2,1H3. The highest BCUT2D eigenvalue weighted by atomic mass is 16.6. The maximum atomic E-state index is 11.6. The van der Waals surface area contributed by atoms with Crippen molar-refractivity contribution in [2.75, 3.05) is 11.5 Å². The van der Waals surface area contributed by atoms with E-state index in [0.717, 1.165) is 23.5 Å². The minimum atomic E-state index is -0.306. The molecule has 2 unspecified atom stereocenters. The third-order valence-corrected chi connectivity index (χ3v) is 3.77. The normalized spacial score (nSPS) is 22.5. The molecule has 0 radical (unpaired) electrons. The van der Waals surface area contributed by atoms with Gasteiger partial charge in [0.05, 0.1) is 24.5 Å². The van der Waals surface area contributed by atoms with Crippen LogP contribution in [0, 0.1) is 0 Å². The van der Waals surface area contributed by atoms with Crippen molar-refractivity contribution in [2.45, 2.75) is 32.2 Å². The number of imide groups is 1. The second-order valence-corrected chi connectivity index (χ2v) is 5.23. The van der Waals surface area contributed by atoms with Gasteiger partial charge in [0.15, 0.2) is 0 Å². The van der Waals surface area contributed by atoms with Crippen LogP contribution in [0.2, 0.25) is 0 Å². The molecule has 1 fully saturated rings. The molecule has 2 atom stereocenters. The highest BCUT2D eigenvalue weighted by molar-refractivity contribution is 6.28. The Balaban J connectivity index is 1.59. The van der Waals surface area contributed by atoms with Gasteiger partial charge in [0.25, 0.3) is 11.8 Å². The Hall–Kier alpha value is -1.98. The van der Waals surface area contributed by atoms with Crippen molar-refractivity contribution in [3.63, 3.8) is 0 Å². The van der Waals surface area contributed by atoms with Gasteiger partial charge in [-0.25, -0.2) is 4.90 Å². The van der Waals surface area contributed by atoms with Crippen LogP contribution < -0.4 is 4.90 Å². The van der Waals surface area contributed by atoms with E-state index in [0.29, 0.717) is 12.3 Å². The summed E-state index contributed by atoms with van der Waals surface area (Å²) < 4.78 is 11.1. The first-order valence-corrected chi connectivity index (χ1v) is 7.03. The quantitative estimate of drug-likeness (QED) is 0.775. The van der Waals surface area contributed by atoms with Crippen molar-refractivity contribution in [1.29, 1.82) is 0 Å². The monoisotopic (exact) mass is 287 g/mol. The van der Waals surface area contributed by atoms with Crippen LogP contribution in [-0.2, 0) is 25.7 Å². The maximum absolute atomic E-state index is 11.6. The van der Waals surface area contributed by atoms with Crippen LogP contribution in [0.4, 0.5) is 5.69 Å². The summed E-state index contributed by atoms with van der Waals surface area (Å²) in [4.78, 5) is 24.3. The summed E-state index contributed by atoms with van der Waals surface area (Å²) in [5.74, 6) is -0.612. The van der Waals surface area contributed by atoms with Gasteiger partial charge in [-0.1, -0.05) is 12.1 Å². The molecule has 2 aliphatic heterocycles. The molecule has 5 heteroatoms. The zero-order valence-corrected chi connectivity index (χ0v) is 11.8. The molecular weight excluding hydrogens is 270 g/mol. The van der Waals surface area contributed by atoms with Crippen LogP contribution in [0.5, 0.6) is 0 Å². The van der Waals surface area contributed by atoms with E-state index in [1.54, 1.807) is 12.1 Å². The van der Waals surface area contributed by atoms with Crippen LogP contribution in [-0.4, -0.2) is 30.6 Å². The lowest BCUT2D eigenvalue weighted by Crippen LogP contribution is -2.38. The number of amides is 2. The number of rotatable bonds is 5. The molecule has 0 saturated carbocycles. The molecular formula is C16H17NO4. The molecule has 3 rings (SSSR count). The van der Waals surface area contributed by atoms with Crippen molar-refractivity contribution in [1.82, 2.24) is 0 Å². The first kappa shape index (κ1) is 14.0. The summed E-state index contributed by atoms with van der Waals surface area (Å²) in [5, 5.41) is 0. The van der Waals surface area contributed by atoms with Crippen molar-refractivity contribution >= 4 is 17.5 Å². The Morgan fingerprint density at radius 3 is 2.38 bits per heavy atom. The second kappa shape index (κ2) is 5.79. The summed E-state index contributed by atoms with van der Waals surface area (Å²) in [6, 6.07) is 7.24. The fourth-order valence-electron chi connectivity index (χ4n) is 2.36. The minimum Gasteiger partial charge on any atom is -0.375 e. The molecule has 21 heavy (non-hydrogen) atoms. The molecule has 0 bridgehead atoms. The molecule has 1 saturated heterocycles. The first-order valence-electron chi connectivity index (χ1n) is 7.03. The first-order chi connectivity index (χ1) is 10.1. The number of carbonyl (C=O) groups is 2. The topological polar surface area (TPSA) is 55.8 Å². The molecule has 1 aromatic rings. The highest BCUT2D eigenvalue weighted by Crippen LogP contribution is 2.21. The highest BCUT2D eigenvalue weighted by Gasteiger charge is 2.26. The van der Waals surface area contributed by atoms with E-state index in [9.17, 15) is 9.59 Å². The lowest BCUT2D eigenvalue weighted by atomic mass is 10.1. The molecule has 2 heterocycles. The number of nitrogens with zero attached hydrogens (tertiary/aromatic N) is 1. The number of carbonyl (C=O) groups excluding carboxylic acids is 2. The van der Waals surface area contributed by atoms with Gasteiger partial charge in [-0.2, -0.15) is 0 Å².